The van der Waals surface area contributed by atoms with E-state index in [4.69, 9.17) is 4.43 Å². The predicted octanol–water partition coefficient (Wildman–Crippen LogP) is 3.83. The summed E-state index contributed by atoms with van der Waals surface area (Å²) >= 11 is 0. The zero-order chi connectivity index (χ0) is 19.5. The Labute approximate surface area is 162 Å². The van der Waals surface area contributed by atoms with Crippen LogP contribution >= 0.6 is 0 Å². The number of hydrogen-bond acceptors (Lipinski definition) is 2. The van der Waals surface area contributed by atoms with Crippen LogP contribution in [0.15, 0.2) is 72.9 Å². The van der Waals surface area contributed by atoms with Crippen LogP contribution in [0.25, 0.3) is 0 Å². The third-order valence-electron chi connectivity index (χ3n) is 5.20. The predicted molar refractivity (Wildman–Crippen MR) is 111 cm³/mol. The number of carboxylic acid groups (broad SMARTS) is 1. The van der Waals surface area contributed by atoms with Crippen molar-refractivity contribution in [2.45, 2.75) is 38.3 Å². The van der Waals surface area contributed by atoms with E-state index in [1.807, 2.05) is 18.2 Å². The van der Waals surface area contributed by atoms with Crippen molar-refractivity contribution < 1.29 is 14.3 Å². The summed E-state index contributed by atoms with van der Waals surface area (Å²) in [5.74, 6) is 0. The largest absolute Gasteiger partial charge is 0.465 e. The van der Waals surface area contributed by atoms with Gasteiger partial charge in [-0.3, -0.25) is 4.90 Å². The summed E-state index contributed by atoms with van der Waals surface area (Å²) in [5, 5.41) is 11.7. The zero-order valence-corrected chi connectivity index (χ0v) is 17.1. The normalized spacial score (nSPS) is 17.3. The van der Waals surface area contributed by atoms with Crippen molar-refractivity contribution in [3.63, 3.8) is 0 Å². The fourth-order valence-corrected chi connectivity index (χ4v) is 8.52. The van der Waals surface area contributed by atoms with Gasteiger partial charge in [-0.2, -0.15) is 0 Å². The first-order chi connectivity index (χ1) is 12.9. The summed E-state index contributed by atoms with van der Waals surface area (Å²) in [6.45, 7) is 7.05. The smallest absolute Gasteiger partial charge is 0.411 e. The first-order valence-corrected chi connectivity index (χ1v) is 11.2. The lowest BCUT2D eigenvalue weighted by Crippen LogP contribution is -2.67. The molecule has 0 radical (unpaired) electrons. The van der Waals surface area contributed by atoms with Gasteiger partial charge in [-0.15, -0.1) is 0 Å². The van der Waals surface area contributed by atoms with Gasteiger partial charge >= 0.3 is 6.09 Å². The van der Waals surface area contributed by atoms with E-state index < -0.39 is 14.4 Å². The van der Waals surface area contributed by atoms with E-state index in [2.05, 4.69) is 69.3 Å². The fraction of sp³-hybridized carbons (Fsp3) is 0.318. The van der Waals surface area contributed by atoms with Gasteiger partial charge in [-0.25, -0.2) is 4.79 Å². The van der Waals surface area contributed by atoms with E-state index in [0.717, 1.165) is 0 Å². The van der Waals surface area contributed by atoms with Crippen LogP contribution in [0.2, 0.25) is 5.04 Å². The summed E-state index contributed by atoms with van der Waals surface area (Å²) < 4.78 is 6.82. The van der Waals surface area contributed by atoms with Crippen molar-refractivity contribution in [3.8, 4) is 0 Å². The molecule has 2 aromatic rings. The van der Waals surface area contributed by atoms with Gasteiger partial charge < -0.3 is 9.53 Å². The van der Waals surface area contributed by atoms with Crippen molar-refractivity contribution in [2.24, 2.45) is 0 Å². The maximum Gasteiger partial charge on any atom is 0.411 e. The third-order valence-corrected chi connectivity index (χ3v) is 10.2. The molecule has 1 atom stereocenters. The summed E-state index contributed by atoms with van der Waals surface area (Å²) in [6.07, 6.45) is 3.29. The van der Waals surface area contributed by atoms with Crippen LogP contribution in [-0.2, 0) is 4.43 Å². The van der Waals surface area contributed by atoms with Crippen molar-refractivity contribution in [2.75, 3.05) is 6.61 Å². The molecule has 1 aliphatic heterocycles. The molecule has 5 heteroatoms. The van der Waals surface area contributed by atoms with Crippen LogP contribution in [0.1, 0.15) is 27.2 Å². The molecule has 0 saturated heterocycles. The zero-order valence-electron chi connectivity index (χ0n) is 16.1. The van der Waals surface area contributed by atoms with Crippen molar-refractivity contribution in [3.05, 3.63) is 72.9 Å². The van der Waals surface area contributed by atoms with Crippen LogP contribution in [0.5, 0.6) is 0 Å². The van der Waals surface area contributed by atoms with Gasteiger partial charge in [0.05, 0.1) is 12.6 Å². The molecule has 1 unspecified atom stereocenters. The lowest BCUT2D eigenvalue weighted by atomic mass is 10.2. The summed E-state index contributed by atoms with van der Waals surface area (Å²) in [6, 6.07) is 20.6. The maximum absolute atomic E-state index is 11.5. The molecule has 0 aromatic heterocycles. The maximum atomic E-state index is 11.5. The quantitative estimate of drug-likeness (QED) is 0.801. The van der Waals surface area contributed by atoms with E-state index in [1.165, 1.54) is 15.3 Å². The highest BCUT2D eigenvalue weighted by atomic mass is 28.4. The standard InChI is InChI=1S/C22H27NO3Si/c1-22(2,3)27(19-12-6-4-7-13-19,20-14-8-5-9-15-20)26-17-18-11-10-16-23(18)21(24)25/h4-10,12-16,18H,11,17H2,1-3H3,(H,24,25). The molecule has 142 valence electrons. The molecule has 0 bridgehead atoms. The Morgan fingerprint density at radius 3 is 2.04 bits per heavy atom. The van der Waals surface area contributed by atoms with E-state index in [1.54, 1.807) is 6.20 Å². The number of amides is 1. The monoisotopic (exact) mass is 381 g/mol. The van der Waals surface area contributed by atoms with Gasteiger partial charge in [0.1, 0.15) is 0 Å². The first-order valence-electron chi connectivity index (χ1n) is 9.29. The molecule has 27 heavy (non-hydrogen) atoms. The summed E-state index contributed by atoms with van der Waals surface area (Å²) in [4.78, 5) is 12.9. The molecule has 1 aliphatic rings. The Balaban J connectivity index is 2.03. The number of nitrogens with zero attached hydrogens (tertiary/aromatic N) is 1. The average Bonchev–Trinajstić information content (AvgIpc) is 3.12. The molecule has 1 amide bonds. The highest BCUT2D eigenvalue weighted by molar-refractivity contribution is 6.99. The Morgan fingerprint density at radius 2 is 1.59 bits per heavy atom. The number of rotatable bonds is 5. The second kappa shape index (κ2) is 7.70. The Bertz CT molecular complexity index is 760. The van der Waals surface area contributed by atoms with Gasteiger partial charge in [0.25, 0.3) is 8.32 Å². The molecule has 1 N–H and O–H groups in total. The lowest BCUT2D eigenvalue weighted by molar-refractivity contribution is 0.133. The van der Waals surface area contributed by atoms with Crippen LogP contribution in [-0.4, -0.2) is 37.1 Å². The van der Waals surface area contributed by atoms with Crippen LogP contribution in [0.3, 0.4) is 0 Å². The van der Waals surface area contributed by atoms with Gasteiger partial charge in [0.2, 0.25) is 0 Å². The second-order valence-corrected chi connectivity index (χ2v) is 12.2. The first kappa shape index (κ1) is 19.4. The van der Waals surface area contributed by atoms with Crippen molar-refractivity contribution in [1.29, 1.82) is 0 Å². The van der Waals surface area contributed by atoms with Crippen LogP contribution in [0, 0.1) is 0 Å². The molecule has 0 spiro atoms. The Morgan fingerprint density at radius 1 is 1.07 bits per heavy atom. The second-order valence-electron chi connectivity index (χ2n) is 7.94. The molecule has 2 aromatic carbocycles. The van der Waals surface area contributed by atoms with Crippen LogP contribution in [0.4, 0.5) is 4.79 Å². The Kier molecular flexibility index (Phi) is 5.53. The molecule has 4 nitrogen and oxygen atoms in total. The third kappa shape index (κ3) is 3.70. The van der Waals surface area contributed by atoms with E-state index >= 15 is 0 Å². The minimum atomic E-state index is -2.63. The molecular weight excluding hydrogens is 354 g/mol. The average molecular weight is 382 g/mol. The van der Waals surface area contributed by atoms with E-state index in [9.17, 15) is 9.90 Å². The molecule has 1 heterocycles. The van der Waals surface area contributed by atoms with Crippen molar-refractivity contribution >= 4 is 24.8 Å². The fourth-order valence-electron chi connectivity index (χ4n) is 3.92. The van der Waals surface area contributed by atoms with E-state index in [-0.39, 0.29) is 11.1 Å². The summed E-state index contributed by atoms with van der Waals surface area (Å²) in [5.41, 5.74) is 0. The molecule has 0 fully saturated rings. The summed E-state index contributed by atoms with van der Waals surface area (Å²) in [7, 11) is -2.63. The lowest BCUT2D eigenvalue weighted by Gasteiger charge is -2.43. The molecule has 0 saturated carbocycles. The molecule has 0 aliphatic carbocycles. The number of carbonyl (C=O) groups is 1. The van der Waals surface area contributed by atoms with E-state index in [0.29, 0.717) is 13.0 Å². The molecule has 3 rings (SSSR count). The minimum Gasteiger partial charge on any atom is -0.465 e. The number of benzene rings is 2. The highest BCUT2D eigenvalue weighted by Gasteiger charge is 2.50. The van der Waals surface area contributed by atoms with Gasteiger partial charge in [-0.1, -0.05) is 87.5 Å². The van der Waals surface area contributed by atoms with Crippen LogP contribution < -0.4 is 10.4 Å². The van der Waals surface area contributed by atoms with Gasteiger partial charge in [0, 0.05) is 6.20 Å². The van der Waals surface area contributed by atoms with Crippen molar-refractivity contribution in [1.82, 2.24) is 4.90 Å². The topological polar surface area (TPSA) is 49.8 Å². The van der Waals surface area contributed by atoms with Gasteiger partial charge in [0.15, 0.2) is 0 Å². The highest BCUT2D eigenvalue weighted by Crippen LogP contribution is 2.37. The van der Waals surface area contributed by atoms with Gasteiger partial charge in [-0.05, 0) is 21.8 Å². The Hall–Kier alpha value is -2.37. The number of hydrogen-bond donors (Lipinski definition) is 1. The SMILES string of the molecule is CC(C)(C)[Si](OCC1CC=CN1C(=O)O)(c1ccccc1)c1ccccc1. The molecular formula is C22H27NO3Si. The minimum absolute atomic E-state index is 0.115.